The number of likely N-dealkylation sites (N-methyl/N-ethyl adjacent to an activating group) is 2. The summed E-state index contributed by atoms with van der Waals surface area (Å²) >= 11 is 0. The normalized spacial score (nSPS) is 13.5. The number of aromatic nitrogens is 1. The second-order valence-electron chi connectivity index (χ2n) is 14.4. The first kappa shape index (κ1) is 44.3. The molecule has 0 fully saturated rings. The SMILES string of the molecule is CCN(CC)c1ccc(NC(=O)c2cccc(C(=O)N(C)CCN(C)CCOCCO/C=C/OCCN)c2)c(-c2cc(C(=O)N[C@H]3CCCc4ccccc43)ccn2)c1. The fourth-order valence-corrected chi connectivity index (χ4v) is 6.96. The third-order valence-electron chi connectivity index (χ3n) is 10.3. The lowest BCUT2D eigenvalue weighted by Crippen LogP contribution is -2.36. The van der Waals surface area contributed by atoms with Crippen LogP contribution in [-0.2, 0) is 20.6 Å². The smallest absolute Gasteiger partial charge is 0.255 e. The van der Waals surface area contributed by atoms with E-state index in [4.69, 9.17) is 19.9 Å². The van der Waals surface area contributed by atoms with Crippen molar-refractivity contribution >= 4 is 29.1 Å². The predicted molar refractivity (Wildman–Crippen MR) is 233 cm³/mol. The average Bonchev–Trinajstić information content (AvgIpc) is 3.27. The van der Waals surface area contributed by atoms with Gasteiger partial charge in [-0.2, -0.15) is 0 Å². The van der Waals surface area contributed by atoms with Crippen LogP contribution in [0.3, 0.4) is 0 Å². The molecule has 1 aromatic heterocycles. The van der Waals surface area contributed by atoms with E-state index in [1.807, 2.05) is 37.4 Å². The summed E-state index contributed by atoms with van der Waals surface area (Å²) < 4.78 is 16.0. The van der Waals surface area contributed by atoms with Crippen molar-refractivity contribution in [1.29, 1.82) is 0 Å². The summed E-state index contributed by atoms with van der Waals surface area (Å²) in [5, 5.41) is 6.32. The lowest BCUT2D eigenvalue weighted by atomic mass is 9.87. The quantitative estimate of drug-likeness (QED) is 0.0625. The highest BCUT2D eigenvalue weighted by molar-refractivity contribution is 6.08. The van der Waals surface area contributed by atoms with Crippen LogP contribution in [-0.4, -0.2) is 112 Å². The Labute approximate surface area is 348 Å². The molecule has 0 spiro atoms. The number of ether oxygens (including phenoxy) is 3. The van der Waals surface area contributed by atoms with Gasteiger partial charge in [-0.3, -0.25) is 19.4 Å². The van der Waals surface area contributed by atoms with Crippen LogP contribution in [0.25, 0.3) is 11.3 Å². The van der Waals surface area contributed by atoms with Crippen LogP contribution >= 0.6 is 0 Å². The second kappa shape index (κ2) is 23.0. The minimum Gasteiger partial charge on any atom is -0.497 e. The molecule has 1 atom stereocenters. The van der Waals surface area contributed by atoms with E-state index >= 15 is 0 Å². The number of nitrogens with one attached hydrogen (secondary N) is 2. The van der Waals surface area contributed by atoms with Gasteiger partial charge in [-0.15, -0.1) is 0 Å². The molecule has 0 saturated heterocycles. The zero-order valence-electron chi connectivity index (χ0n) is 34.8. The molecule has 1 aliphatic carbocycles. The lowest BCUT2D eigenvalue weighted by Gasteiger charge is -2.26. The lowest BCUT2D eigenvalue weighted by molar-refractivity contribution is 0.0666. The monoisotopic (exact) mass is 805 g/mol. The highest BCUT2D eigenvalue weighted by Gasteiger charge is 2.23. The van der Waals surface area contributed by atoms with E-state index in [0.29, 0.717) is 86.2 Å². The van der Waals surface area contributed by atoms with E-state index in [-0.39, 0.29) is 23.8 Å². The molecular formula is C46H59N7O6. The summed E-state index contributed by atoms with van der Waals surface area (Å²) in [5.74, 6) is -0.736. The molecule has 0 radical (unpaired) electrons. The fourth-order valence-electron chi connectivity index (χ4n) is 6.96. The molecule has 4 aromatic rings. The number of amides is 3. The number of anilines is 2. The van der Waals surface area contributed by atoms with Crippen LogP contribution in [0.5, 0.6) is 0 Å². The number of fused-ring (bicyclic) bond motifs is 1. The van der Waals surface area contributed by atoms with Crippen molar-refractivity contribution in [2.24, 2.45) is 5.73 Å². The fraction of sp³-hybridized carbons (Fsp3) is 0.391. The third-order valence-corrected chi connectivity index (χ3v) is 10.3. The maximum absolute atomic E-state index is 13.9. The Morgan fingerprint density at radius 2 is 1.58 bits per heavy atom. The van der Waals surface area contributed by atoms with Gasteiger partial charge in [-0.1, -0.05) is 30.3 Å². The summed E-state index contributed by atoms with van der Waals surface area (Å²) in [6.45, 7) is 9.85. The van der Waals surface area contributed by atoms with Gasteiger partial charge in [0, 0.05) is 80.5 Å². The molecule has 3 aromatic carbocycles. The highest BCUT2D eigenvalue weighted by atomic mass is 16.5. The third kappa shape index (κ3) is 12.9. The summed E-state index contributed by atoms with van der Waals surface area (Å²) in [6.07, 6.45) is 7.47. The first-order chi connectivity index (χ1) is 28.7. The van der Waals surface area contributed by atoms with E-state index in [9.17, 15) is 14.4 Å². The second-order valence-corrected chi connectivity index (χ2v) is 14.4. The minimum absolute atomic E-state index is 0.0628. The van der Waals surface area contributed by atoms with Crippen LogP contribution < -0.4 is 21.3 Å². The van der Waals surface area contributed by atoms with Crippen LogP contribution in [0.1, 0.15) is 74.9 Å². The van der Waals surface area contributed by atoms with Crippen LogP contribution in [0.4, 0.5) is 11.4 Å². The number of nitrogens with two attached hydrogens (primary N) is 1. The standard InChI is InChI=1S/C46H59N7O6/c1-5-53(6-2)38-17-18-42(40(33-38)43-32-36(19-21-48-43)45(55)49-41-16-10-12-34-11-7-8-15-39(34)41)50-44(54)35-13-9-14-37(31-35)46(56)52(4)23-22-51(3)24-26-58-28-30-59-29-27-57-25-20-47/h7-9,11,13-15,17-19,21,27,29,31-33,41H,5-6,10,12,16,20,22-26,28,30,47H2,1-4H3,(H,49,55)(H,50,54)/b29-27+/t41-/m0/s1. The number of hydrogen-bond acceptors (Lipinski definition) is 10. The molecule has 0 bridgehead atoms. The van der Waals surface area contributed by atoms with Crippen molar-refractivity contribution in [2.45, 2.75) is 39.2 Å². The number of carbonyl (C=O) groups is 3. The van der Waals surface area contributed by atoms with Crippen molar-refractivity contribution < 1.29 is 28.6 Å². The Balaban J connectivity index is 1.22. The van der Waals surface area contributed by atoms with E-state index in [2.05, 4.69) is 51.4 Å². The molecule has 4 N–H and O–H groups in total. The number of benzene rings is 3. The van der Waals surface area contributed by atoms with Crippen LogP contribution in [0, 0.1) is 0 Å². The molecule has 0 unspecified atom stereocenters. The molecule has 5 rings (SSSR count). The van der Waals surface area contributed by atoms with Crippen molar-refractivity contribution in [3.05, 3.63) is 125 Å². The largest absolute Gasteiger partial charge is 0.497 e. The highest BCUT2D eigenvalue weighted by Crippen LogP contribution is 2.33. The number of hydrogen-bond donors (Lipinski definition) is 3. The van der Waals surface area contributed by atoms with E-state index < -0.39 is 0 Å². The Kier molecular flexibility index (Phi) is 17.3. The molecule has 0 aliphatic heterocycles. The average molecular weight is 806 g/mol. The Bertz CT molecular complexity index is 2020. The first-order valence-corrected chi connectivity index (χ1v) is 20.5. The maximum Gasteiger partial charge on any atom is 0.255 e. The molecule has 0 saturated carbocycles. The van der Waals surface area contributed by atoms with Gasteiger partial charge in [0.25, 0.3) is 17.7 Å². The molecule has 1 heterocycles. The molecule has 59 heavy (non-hydrogen) atoms. The molecule has 314 valence electrons. The minimum atomic E-state index is -0.370. The van der Waals surface area contributed by atoms with Crippen molar-refractivity contribution in [3.8, 4) is 11.3 Å². The Morgan fingerprint density at radius 3 is 2.37 bits per heavy atom. The van der Waals surface area contributed by atoms with Gasteiger partial charge in [0.1, 0.15) is 19.1 Å². The summed E-state index contributed by atoms with van der Waals surface area (Å²) in [6, 6.07) is 24.3. The van der Waals surface area contributed by atoms with Gasteiger partial charge < -0.3 is 45.3 Å². The Hall–Kier alpha value is -5.76. The number of carbonyl (C=O) groups excluding carboxylic acids is 3. The van der Waals surface area contributed by atoms with Gasteiger partial charge in [0.15, 0.2) is 0 Å². The molecule has 13 nitrogen and oxygen atoms in total. The summed E-state index contributed by atoms with van der Waals surface area (Å²) in [4.78, 5) is 51.6. The van der Waals surface area contributed by atoms with Crippen molar-refractivity contribution in [3.63, 3.8) is 0 Å². The topological polar surface area (TPSA) is 152 Å². The van der Waals surface area contributed by atoms with Crippen molar-refractivity contribution in [2.75, 3.05) is 90.0 Å². The van der Waals surface area contributed by atoms with Gasteiger partial charge in [-0.05, 0) is 99.8 Å². The van der Waals surface area contributed by atoms with E-state index in [1.165, 1.54) is 23.7 Å². The zero-order valence-corrected chi connectivity index (χ0v) is 34.8. The van der Waals surface area contributed by atoms with Crippen LogP contribution in [0.2, 0.25) is 0 Å². The number of pyridine rings is 1. The summed E-state index contributed by atoms with van der Waals surface area (Å²) in [5.41, 5.74) is 11.8. The maximum atomic E-state index is 13.9. The van der Waals surface area contributed by atoms with Crippen molar-refractivity contribution in [1.82, 2.24) is 20.1 Å². The van der Waals surface area contributed by atoms with Gasteiger partial charge in [-0.25, -0.2) is 0 Å². The molecular weight excluding hydrogens is 747 g/mol. The van der Waals surface area contributed by atoms with Gasteiger partial charge in [0.2, 0.25) is 0 Å². The zero-order chi connectivity index (χ0) is 42.0. The number of aryl methyl sites for hydroxylation is 1. The first-order valence-electron chi connectivity index (χ1n) is 20.5. The molecule has 13 heteroatoms. The van der Waals surface area contributed by atoms with Gasteiger partial charge in [0.05, 0.1) is 37.2 Å². The van der Waals surface area contributed by atoms with E-state index in [1.54, 1.807) is 54.5 Å². The van der Waals surface area contributed by atoms with Crippen LogP contribution in [0.15, 0.2) is 97.6 Å². The van der Waals surface area contributed by atoms with Gasteiger partial charge >= 0.3 is 0 Å². The van der Waals surface area contributed by atoms with E-state index in [0.717, 1.165) is 38.0 Å². The number of rotatable bonds is 22. The number of nitrogens with zero attached hydrogens (tertiary/aromatic N) is 4. The molecule has 3 amide bonds. The molecule has 1 aliphatic rings. The predicted octanol–water partition coefficient (Wildman–Crippen LogP) is 6.14. The Morgan fingerprint density at radius 1 is 0.814 bits per heavy atom. The summed E-state index contributed by atoms with van der Waals surface area (Å²) in [7, 11) is 3.72.